The standard InChI is InChI=1S/C15H10FN5O2S2/c1-8-20-21-12(22)6-9(17-14(21)25-8)7-24-15-19-18-13(23-15)10-4-2-3-5-11(10)16/h2-6H,7H2,1H3. The minimum atomic E-state index is -0.427. The van der Waals surface area contributed by atoms with E-state index in [4.69, 9.17) is 4.42 Å². The third-order valence-electron chi connectivity index (χ3n) is 3.25. The van der Waals surface area contributed by atoms with Crippen LogP contribution in [0, 0.1) is 12.7 Å². The first-order chi connectivity index (χ1) is 12.1. The first-order valence-corrected chi connectivity index (χ1v) is 8.98. The van der Waals surface area contributed by atoms with Crippen molar-refractivity contribution in [3.63, 3.8) is 0 Å². The van der Waals surface area contributed by atoms with Gasteiger partial charge in [-0.2, -0.15) is 9.61 Å². The average Bonchev–Trinajstić information content (AvgIpc) is 3.19. The van der Waals surface area contributed by atoms with E-state index in [1.165, 1.54) is 39.7 Å². The van der Waals surface area contributed by atoms with Gasteiger partial charge in [-0.1, -0.05) is 35.2 Å². The Morgan fingerprint density at radius 3 is 3.00 bits per heavy atom. The lowest BCUT2D eigenvalue weighted by Crippen LogP contribution is -2.15. The SMILES string of the molecule is Cc1nn2c(=O)cc(CSc3nnc(-c4ccccc4F)o3)nc2s1. The normalized spacial score (nSPS) is 11.3. The summed E-state index contributed by atoms with van der Waals surface area (Å²) in [6.45, 7) is 1.82. The number of aromatic nitrogens is 5. The topological polar surface area (TPSA) is 86.2 Å². The van der Waals surface area contributed by atoms with E-state index in [0.717, 1.165) is 5.01 Å². The number of hydrogen-bond donors (Lipinski definition) is 0. The van der Waals surface area contributed by atoms with Gasteiger partial charge in [-0.3, -0.25) is 4.79 Å². The van der Waals surface area contributed by atoms with Crippen molar-refractivity contribution in [3.8, 4) is 11.5 Å². The highest BCUT2D eigenvalue weighted by atomic mass is 32.2. The zero-order valence-electron chi connectivity index (χ0n) is 12.8. The first-order valence-electron chi connectivity index (χ1n) is 7.18. The molecule has 0 saturated carbocycles. The summed E-state index contributed by atoms with van der Waals surface area (Å²) in [7, 11) is 0. The van der Waals surface area contributed by atoms with E-state index in [-0.39, 0.29) is 22.2 Å². The Balaban J connectivity index is 1.54. The molecule has 3 aromatic heterocycles. The van der Waals surface area contributed by atoms with E-state index in [1.54, 1.807) is 18.2 Å². The molecule has 0 radical (unpaired) electrons. The van der Waals surface area contributed by atoms with Crippen molar-refractivity contribution in [1.82, 2.24) is 24.8 Å². The molecule has 4 aromatic rings. The molecule has 0 amide bonds. The minimum absolute atomic E-state index is 0.113. The van der Waals surface area contributed by atoms with Gasteiger partial charge in [0.25, 0.3) is 16.7 Å². The van der Waals surface area contributed by atoms with Crippen LogP contribution in [0.1, 0.15) is 10.7 Å². The first kappa shape index (κ1) is 15.9. The molecule has 7 nitrogen and oxygen atoms in total. The molecular formula is C15H10FN5O2S2. The van der Waals surface area contributed by atoms with Crippen molar-refractivity contribution in [3.05, 3.63) is 57.2 Å². The van der Waals surface area contributed by atoms with Crippen LogP contribution < -0.4 is 5.56 Å². The van der Waals surface area contributed by atoms with Crippen LogP contribution in [-0.2, 0) is 5.75 Å². The average molecular weight is 375 g/mol. The van der Waals surface area contributed by atoms with E-state index < -0.39 is 5.82 Å². The van der Waals surface area contributed by atoms with E-state index in [2.05, 4.69) is 20.3 Å². The summed E-state index contributed by atoms with van der Waals surface area (Å²) >= 11 is 2.57. The highest BCUT2D eigenvalue weighted by Crippen LogP contribution is 2.26. The number of hydrogen-bond acceptors (Lipinski definition) is 8. The lowest BCUT2D eigenvalue weighted by atomic mass is 10.2. The molecule has 0 unspecified atom stereocenters. The van der Waals surface area contributed by atoms with Crippen LogP contribution in [0.2, 0.25) is 0 Å². The summed E-state index contributed by atoms with van der Waals surface area (Å²) < 4.78 is 20.5. The predicted molar refractivity (Wildman–Crippen MR) is 91.1 cm³/mol. The summed E-state index contributed by atoms with van der Waals surface area (Å²) in [4.78, 5) is 17.0. The number of halogens is 1. The molecule has 0 N–H and O–H groups in total. The second-order valence-electron chi connectivity index (χ2n) is 5.04. The van der Waals surface area contributed by atoms with Crippen molar-refractivity contribution < 1.29 is 8.81 Å². The van der Waals surface area contributed by atoms with Gasteiger partial charge in [-0.25, -0.2) is 9.37 Å². The fourth-order valence-electron chi connectivity index (χ4n) is 2.17. The van der Waals surface area contributed by atoms with Gasteiger partial charge in [0.1, 0.15) is 10.8 Å². The Bertz CT molecular complexity index is 1120. The van der Waals surface area contributed by atoms with Crippen molar-refractivity contribution >= 4 is 28.1 Å². The van der Waals surface area contributed by atoms with Crippen LogP contribution >= 0.6 is 23.1 Å². The second-order valence-corrected chi connectivity index (χ2v) is 7.13. The number of fused-ring (bicyclic) bond motifs is 1. The molecule has 25 heavy (non-hydrogen) atoms. The van der Waals surface area contributed by atoms with Gasteiger partial charge in [0, 0.05) is 11.8 Å². The van der Waals surface area contributed by atoms with E-state index in [0.29, 0.717) is 16.4 Å². The molecule has 0 saturated heterocycles. The summed E-state index contributed by atoms with van der Waals surface area (Å²) in [6, 6.07) is 7.61. The van der Waals surface area contributed by atoms with Crippen LogP contribution in [0.4, 0.5) is 4.39 Å². The predicted octanol–water partition coefficient (Wildman–Crippen LogP) is 2.94. The molecule has 0 aliphatic rings. The van der Waals surface area contributed by atoms with Crippen LogP contribution in [0.5, 0.6) is 0 Å². The van der Waals surface area contributed by atoms with E-state index in [9.17, 15) is 9.18 Å². The lowest BCUT2D eigenvalue weighted by Gasteiger charge is -1.98. The molecule has 10 heteroatoms. The molecule has 3 heterocycles. The molecule has 4 rings (SSSR count). The van der Waals surface area contributed by atoms with Crippen LogP contribution in [0.25, 0.3) is 16.4 Å². The molecule has 0 aliphatic heterocycles. The molecule has 1 aromatic carbocycles. The Labute approximate surface area is 148 Å². The maximum absolute atomic E-state index is 13.7. The van der Waals surface area contributed by atoms with E-state index in [1.807, 2.05) is 6.92 Å². The summed E-state index contributed by atoms with van der Waals surface area (Å²) in [5, 5.41) is 12.9. The maximum Gasteiger partial charge on any atom is 0.277 e. The van der Waals surface area contributed by atoms with Crippen molar-refractivity contribution in [2.75, 3.05) is 0 Å². The molecule has 0 bridgehead atoms. The Kier molecular flexibility index (Phi) is 4.06. The molecule has 0 fully saturated rings. The van der Waals surface area contributed by atoms with Crippen LogP contribution in [0.15, 0.2) is 44.8 Å². The third-order valence-corrected chi connectivity index (χ3v) is 4.93. The number of nitrogens with zero attached hydrogens (tertiary/aromatic N) is 5. The van der Waals surface area contributed by atoms with E-state index >= 15 is 0 Å². The molecule has 0 spiro atoms. The van der Waals surface area contributed by atoms with Crippen molar-refractivity contribution in [2.24, 2.45) is 0 Å². The van der Waals surface area contributed by atoms with Gasteiger partial charge in [0.2, 0.25) is 4.96 Å². The largest absolute Gasteiger partial charge is 0.411 e. The van der Waals surface area contributed by atoms with Gasteiger partial charge in [0.05, 0.1) is 11.3 Å². The smallest absolute Gasteiger partial charge is 0.277 e. The van der Waals surface area contributed by atoms with Gasteiger partial charge >= 0.3 is 0 Å². The van der Waals surface area contributed by atoms with Gasteiger partial charge in [-0.05, 0) is 19.1 Å². The van der Waals surface area contributed by atoms with Gasteiger partial charge in [-0.15, -0.1) is 10.2 Å². The monoisotopic (exact) mass is 375 g/mol. The van der Waals surface area contributed by atoms with Crippen LogP contribution in [-0.4, -0.2) is 24.8 Å². The molecule has 126 valence electrons. The Morgan fingerprint density at radius 1 is 1.32 bits per heavy atom. The number of benzene rings is 1. The third kappa shape index (κ3) is 3.17. The summed E-state index contributed by atoms with van der Waals surface area (Å²) in [5.74, 6) is 0.0623. The van der Waals surface area contributed by atoms with Crippen LogP contribution in [0.3, 0.4) is 0 Å². The second kappa shape index (κ2) is 6.37. The number of aryl methyl sites for hydroxylation is 1. The molecule has 0 aliphatic carbocycles. The van der Waals surface area contributed by atoms with Gasteiger partial charge < -0.3 is 4.42 Å². The maximum atomic E-state index is 13.7. The highest BCUT2D eigenvalue weighted by molar-refractivity contribution is 7.98. The fourth-order valence-corrected chi connectivity index (χ4v) is 3.60. The highest BCUT2D eigenvalue weighted by Gasteiger charge is 2.14. The Hall–Kier alpha value is -2.59. The molecule has 0 atom stereocenters. The lowest BCUT2D eigenvalue weighted by molar-refractivity contribution is 0.462. The minimum Gasteiger partial charge on any atom is -0.411 e. The molecular weight excluding hydrogens is 365 g/mol. The quantitative estimate of drug-likeness (QED) is 0.507. The Morgan fingerprint density at radius 2 is 2.16 bits per heavy atom. The zero-order valence-corrected chi connectivity index (χ0v) is 14.5. The summed E-state index contributed by atoms with van der Waals surface area (Å²) in [6.07, 6.45) is 0. The van der Waals surface area contributed by atoms with Crippen molar-refractivity contribution in [2.45, 2.75) is 17.9 Å². The van der Waals surface area contributed by atoms with Gasteiger partial charge in [0.15, 0.2) is 0 Å². The van der Waals surface area contributed by atoms with Crippen molar-refractivity contribution in [1.29, 1.82) is 0 Å². The number of rotatable bonds is 4. The fraction of sp³-hybridized carbons (Fsp3) is 0.133. The number of thioether (sulfide) groups is 1. The summed E-state index contributed by atoms with van der Waals surface area (Å²) in [5.41, 5.74) is 0.603. The zero-order chi connectivity index (χ0) is 17.4.